The van der Waals surface area contributed by atoms with Crippen LogP contribution in [0.5, 0.6) is 0 Å². The van der Waals surface area contributed by atoms with Gasteiger partial charge in [-0.15, -0.1) is 0 Å². The molecule has 2 fully saturated rings. The van der Waals surface area contributed by atoms with Crippen molar-refractivity contribution in [2.45, 2.75) is 55.5 Å². The fourth-order valence-corrected chi connectivity index (χ4v) is 3.78. The number of hydrogen-bond donors (Lipinski definition) is 6. The normalized spacial score (nSPS) is 50.2. The number of aliphatic hydroxyl groups is 4. The molecule has 7 nitrogen and oxygen atoms in total. The Kier molecular flexibility index (Phi) is 4.91. The molecular formula is C10H20NO6P. The third-order valence-corrected chi connectivity index (χ3v) is 5.10. The maximum absolute atomic E-state index is 9.84. The van der Waals surface area contributed by atoms with Gasteiger partial charge in [-0.05, 0) is 19.3 Å². The largest absolute Gasteiger partial charge is 0.389 e. The highest BCUT2D eigenvalue weighted by Gasteiger charge is 2.43. The van der Waals surface area contributed by atoms with Gasteiger partial charge in [-0.25, -0.2) is 0 Å². The Morgan fingerprint density at radius 2 is 1.83 bits per heavy atom. The number of hydrogen-bond acceptors (Lipinski definition) is 7. The van der Waals surface area contributed by atoms with E-state index in [-0.39, 0.29) is 5.66 Å². The predicted octanol–water partition coefficient (Wildman–Crippen LogP) is -1.77. The first kappa shape index (κ1) is 14.6. The molecule has 0 aromatic rings. The predicted molar refractivity (Wildman–Crippen MR) is 63.7 cm³/mol. The van der Waals surface area contributed by atoms with Gasteiger partial charge in [-0.3, -0.25) is 5.32 Å². The van der Waals surface area contributed by atoms with E-state index in [1.165, 1.54) is 0 Å². The molecule has 0 aromatic carbocycles. The van der Waals surface area contributed by atoms with Crippen LogP contribution < -0.4 is 5.32 Å². The van der Waals surface area contributed by atoms with Gasteiger partial charge >= 0.3 is 0 Å². The van der Waals surface area contributed by atoms with Crippen LogP contribution in [0.25, 0.3) is 0 Å². The molecule has 2 aliphatic heterocycles. The van der Waals surface area contributed by atoms with Crippen LogP contribution in [0.2, 0.25) is 0 Å². The summed E-state index contributed by atoms with van der Waals surface area (Å²) in [7, 11) is -1.52. The molecule has 0 radical (unpaired) electrons. The quantitative estimate of drug-likeness (QED) is 0.331. The summed E-state index contributed by atoms with van der Waals surface area (Å²) in [6.45, 7) is 0.545. The van der Waals surface area contributed by atoms with Crippen LogP contribution in [0.15, 0.2) is 0 Å². The molecule has 8 heteroatoms. The topological polar surface area (TPSA) is 122 Å². The van der Waals surface area contributed by atoms with Crippen molar-refractivity contribution in [2.75, 3.05) is 6.61 Å². The number of nitrogens with one attached hydrogen (secondary N) is 1. The zero-order valence-corrected chi connectivity index (χ0v) is 10.8. The van der Waals surface area contributed by atoms with E-state index >= 15 is 0 Å². The van der Waals surface area contributed by atoms with Crippen molar-refractivity contribution in [3.63, 3.8) is 0 Å². The number of rotatable bonds is 2. The van der Waals surface area contributed by atoms with Crippen LogP contribution in [0.4, 0.5) is 0 Å². The first-order valence-electron chi connectivity index (χ1n) is 6.10. The lowest BCUT2D eigenvalue weighted by Gasteiger charge is -2.41. The van der Waals surface area contributed by atoms with Gasteiger partial charge in [0.25, 0.3) is 0 Å². The molecular weight excluding hydrogens is 261 g/mol. The molecule has 0 aromatic heterocycles. The molecule has 2 aliphatic rings. The van der Waals surface area contributed by atoms with E-state index in [0.717, 1.165) is 12.8 Å². The smallest absolute Gasteiger partial charge is 0.171 e. The van der Waals surface area contributed by atoms with Crippen molar-refractivity contribution in [1.82, 2.24) is 5.32 Å². The SMILES string of the molecule is OC1C(O)[C@@H](O)NC(CC2CCCOP2O)[C@H]1O. The molecule has 0 amide bonds. The van der Waals surface area contributed by atoms with Crippen LogP contribution in [0.3, 0.4) is 0 Å². The molecule has 2 saturated heterocycles. The molecule has 2 heterocycles. The van der Waals surface area contributed by atoms with E-state index in [1.54, 1.807) is 0 Å². The van der Waals surface area contributed by atoms with Crippen LogP contribution in [0.1, 0.15) is 19.3 Å². The summed E-state index contributed by atoms with van der Waals surface area (Å²) in [5, 5.41) is 41.0. The van der Waals surface area contributed by atoms with E-state index in [2.05, 4.69) is 5.32 Å². The first-order valence-corrected chi connectivity index (χ1v) is 7.38. The second kappa shape index (κ2) is 6.07. The lowest BCUT2D eigenvalue weighted by molar-refractivity contribution is -0.157. The fraction of sp³-hybridized carbons (Fsp3) is 1.00. The van der Waals surface area contributed by atoms with Gasteiger partial charge in [0, 0.05) is 11.7 Å². The molecule has 18 heavy (non-hydrogen) atoms. The third-order valence-electron chi connectivity index (χ3n) is 3.56. The summed E-state index contributed by atoms with van der Waals surface area (Å²) < 4.78 is 5.18. The van der Waals surface area contributed by atoms with Gasteiger partial charge in [-0.2, -0.15) is 0 Å². The zero-order chi connectivity index (χ0) is 13.3. The number of aliphatic hydroxyl groups excluding tert-OH is 4. The van der Waals surface area contributed by atoms with Gasteiger partial charge in [-0.1, -0.05) is 0 Å². The second-order valence-corrected chi connectivity index (χ2v) is 6.45. The summed E-state index contributed by atoms with van der Waals surface area (Å²) in [5.74, 6) is 0. The Balaban J connectivity index is 1.95. The molecule has 0 aliphatic carbocycles. The molecule has 0 spiro atoms. The summed E-state index contributed by atoms with van der Waals surface area (Å²) in [6, 6.07) is -0.567. The van der Waals surface area contributed by atoms with Gasteiger partial charge in [0.1, 0.15) is 18.4 Å². The van der Waals surface area contributed by atoms with Crippen LogP contribution in [0, 0.1) is 0 Å². The Morgan fingerprint density at radius 1 is 1.11 bits per heavy atom. The Morgan fingerprint density at radius 3 is 2.50 bits per heavy atom. The van der Waals surface area contributed by atoms with Gasteiger partial charge in [0.05, 0.1) is 12.7 Å². The third kappa shape index (κ3) is 3.00. The van der Waals surface area contributed by atoms with Crippen molar-refractivity contribution in [3.8, 4) is 0 Å². The van der Waals surface area contributed by atoms with Gasteiger partial charge < -0.3 is 29.8 Å². The molecule has 0 bridgehead atoms. The van der Waals surface area contributed by atoms with Crippen molar-refractivity contribution in [3.05, 3.63) is 0 Å². The molecule has 0 saturated carbocycles. The van der Waals surface area contributed by atoms with E-state index in [0.29, 0.717) is 13.0 Å². The summed E-state index contributed by atoms with van der Waals surface area (Å²) in [4.78, 5) is 9.73. The molecule has 106 valence electrons. The van der Waals surface area contributed by atoms with Crippen LogP contribution >= 0.6 is 8.38 Å². The van der Waals surface area contributed by atoms with Gasteiger partial charge in [0.2, 0.25) is 0 Å². The van der Waals surface area contributed by atoms with Gasteiger partial charge in [0.15, 0.2) is 8.38 Å². The summed E-state index contributed by atoms with van der Waals surface area (Å²) in [5.41, 5.74) is -0.0875. The molecule has 6 N–H and O–H groups in total. The lowest BCUT2D eigenvalue weighted by atomic mass is 9.91. The van der Waals surface area contributed by atoms with E-state index in [9.17, 15) is 25.3 Å². The Labute approximate surface area is 106 Å². The fourth-order valence-electron chi connectivity index (χ4n) is 2.44. The summed E-state index contributed by atoms with van der Waals surface area (Å²) >= 11 is 0. The minimum Gasteiger partial charge on any atom is -0.389 e. The Hall–Kier alpha value is 0.150. The highest BCUT2D eigenvalue weighted by Crippen LogP contribution is 2.46. The van der Waals surface area contributed by atoms with Crippen molar-refractivity contribution < 1.29 is 29.8 Å². The van der Waals surface area contributed by atoms with Crippen molar-refractivity contribution in [2.24, 2.45) is 0 Å². The van der Waals surface area contributed by atoms with E-state index in [1.807, 2.05) is 0 Å². The standard InChI is InChI=1S/C10H20NO6P/c12-7-6(11-10(15)9(14)8(7)13)4-5-2-1-3-17-18(5)16/h5-16H,1-4H2/t5?,6?,7-,8?,9?,10-,18?/m1/s1. The minimum absolute atomic E-state index is 0.0875. The average Bonchev–Trinajstić information content (AvgIpc) is 2.36. The maximum atomic E-state index is 9.84. The Bertz CT molecular complexity index is 283. The minimum atomic E-state index is -1.52. The lowest BCUT2D eigenvalue weighted by Crippen LogP contribution is -2.65. The zero-order valence-electron chi connectivity index (χ0n) is 9.88. The highest BCUT2D eigenvalue weighted by atomic mass is 31.2. The first-order chi connectivity index (χ1) is 8.50. The monoisotopic (exact) mass is 281 g/mol. The summed E-state index contributed by atoms with van der Waals surface area (Å²) in [6.07, 6.45) is -3.21. The average molecular weight is 281 g/mol. The highest BCUT2D eigenvalue weighted by molar-refractivity contribution is 7.47. The molecule has 5 unspecified atom stereocenters. The molecule has 7 atom stereocenters. The van der Waals surface area contributed by atoms with Crippen molar-refractivity contribution >= 4 is 8.38 Å². The molecule has 2 rings (SSSR count). The second-order valence-electron chi connectivity index (χ2n) is 4.86. The van der Waals surface area contributed by atoms with Crippen LogP contribution in [-0.2, 0) is 4.52 Å². The number of piperidine rings is 1. The van der Waals surface area contributed by atoms with Crippen LogP contribution in [-0.4, -0.2) is 68.2 Å². The van der Waals surface area contributed by atoms with E-state index in [4.69, 9.17) is 4.52 Å². The maximum Gasteiger partial charge on any atom is 0.171 e. The van der Waals surface area contributed by atoms with Crippen molar-refractivity contribution in [1.29, 1.82) is 0 Å². The van der Waals surface area contributed by atoms with E-state index < -0.39 is 39.0 Å².